The summed E-state index contributed by atoms with van der Waals surface area (Å²) in [6, 6.07) is 19.9. The molecule has 0 saturated carbocycles. The first kappa shape index (κ1) is 24.6. The molecule has 0 aromatic heterocycles. The number of hydrogen-bond donors (Lipinski definition) is 2. The highest BCUT2D eigenvalue weighted by atomic mass is 35.5. The first-order chi connectivity index (χ1) is 16.4. The van der Waals surface area contributed by atoms with Gasteiger partial charge in [0.2, 0.25) is 0 Å². The van der Waals surface area contributed by atoms with Crippen LogP contribution in [0, 0.1) is 0 Å². The molecule has 3 aromatic rings. The van der Waals surface area contributed by atoms with Crippen LogP contribution in [0.15, 0.2) is 72.8 Å². The van der Waals surface area contributed by atoms with Gasteiger partial charge in [-0.1, -0.05) is 23.7 Å². The zero-order valence-corrected chi connectivity index (χ0v) is 19.1. The largest absolute Gasteiger partial charge is 0.513 e. The highest BCUT2D eigenvalue weighted by molar-refractivity contribution is 6.30. The van der Waals surface area contributed by atoms with Crippen LogP contribution in [0.4, 0.5) is 10.5 Å². The highest BCUT2D eigenvalue weighted by Gasteiger charge is 2.09. The minimum atomic E-state index is -0.801. The Balaban J connectivity index is 1.43. The van der Waals surface area contributed by atoms with E-state index in [0.717, 1.165) is 5.56 Å². The summed E-state index contributed by atoms with van der Waals surface area (Å²) in [5.74, 6) is 0.256. The molecule has 0 bridgehead atoms. The summed E-state index contributed by atoms with van der Waals surface area (Å²) in [6.45, 7) is 2.10. The number of hydrogen-bond acceptors (Lipinski definition) is 6. The fourth-order valence-corrected chi connectivity index (χ4v) is 2.88. The number of ether oxygens (including phenoxy) is 3. The molecule has 176 valence electrons. The topological polar surface area (TPSA) is 103 Å². The van der Waals surface area contributed by atoms with Gasteiger partial charge in [-0.15, -0.1) is 0 Å². The second-order valence-corrected chi connectivity index (χ2v) is 7.42. The molecule has 0 heterocycles. The smallest absolute Gasteiger partial charge is 0.484 e. The Morgan fingerprint density at radius 1 is 0.853 bits per heavy atom. The maximum absolute atomic E-state index is 12.4. The molecule has 9 heteroatoms. The number of carbonyl (C=O) groups excluding carboxylic acids is 3. The van der Waals surface area contributed by atoms with Crippen LogP contribution in [0.5, 0.6) is 11.5 Å². The van der Waals surface area contributed by atoms with E-state index in [1.807, 2.05) is 0 Å². The van der Waals surface area contributed by atoms with Crippen molar-refractivity contribution in [2.45, 2.75) is 13.5 Å². The van der Waals surface area contributed by atoms with E-state index in [2.05, 4.69) is 10.6 Å². The van der Waals surface area contributed by atoms with Gasteiger partial charge in [0.25, 0.3) is 11.8 Å². The van der Waals surface area contributed by atoms with Gasteiger partial charge >= 0.3 is 6.16 Å². The molecule has 34 heavy (non-hydrogen) atoms. The van der Waals surface area contributed by atoms with Crippen molar-refractivity contribution in [2.24, 2.45) is 0 Å². The molecule has 0 aliphatic rings. The zero-order valence-electron chi connectivity index (χ0n) is 18.4. The van der Waals surface area contributed by atoms with E-state index >= 15 is 0 Å². The lowest BCUT2D eigenvalue weighted by Crippen LogP contribution is -2.28. The summed E-state index contributed by atoms with van der Waals surface area (Å²) >= 11 is 5.81. The second kappa shape index (κ2) is 12.3. The third kappa shape index (κ3) is 7.83. The minimum Gasteiger partial charge on any atom is -0.484 e. The predicted molar refractivity (Wildman–Crippen MR) is 127 cm³/mol. The summed E-state index contributed by atoms with van der Waals surface area (Å²) in [4.78, 5) is 35.8. The van der Waals surface area contributed by atoms with Crippen LogP contribution >= 0.6 is 11.6 Å². The van der Waals surface area contributed by atoms with Gasteiger partial charge in [0.15, 0.2) is 6.61 Å². The van der Waals surface area contributed by atoms with Gasteiger partial charge in [0.1, 0.15) is 11.5 Å². The first-order valence-electron chi connectivity index (χ1n) is 10.4. The van der Waals surface area contributed by atoms with E-state index in [9.17, 15) is 14.4 Å². The molecular weight excluding hydrogens is 460 g/mol. The predicted octanol–water partition coefficient (Wildman–Crippen LogP) is 4.82. The summed E-state index contributed by atoms with van der Waals surface area (Å²) in [5, 5.41) is 6.15. The second-order valence-electron chi connectivity index (χ2n) is 6.98. The number of benzene rings is 3. The summed E-state index contributed by atoms with van der Waals surface area (Å²) in [6.07, 6.45) is -0.801. The van der Waals surface area contributed by atoms with Crippen molar-refractivity contribution in [3.05, 3.63) is 88.9 Å². The number of carbonyl (C=O) groups is 3. The molecule has 0 atom stereocenters. The minimum absolute atomic E-state index is 0.112. The van der Waals surface area contributed by atoms with Crippen molar-refractivity contribution >= 4 is 35.3 Å². The maximum Gasteiger partial charge on any atom is 0.513 e. The molecule has 0 saturated heterocycles. The standard InChI is InChI=1S/C25H23ClN2O6/c1-2-32-25(31)34-22-11-5-18(6-12-22)24(30)28-20-9-3-17(4-10-20)15-27-23(29)16-33-21-13-7-19(26)8-14-21/h3-14H,2,15-16H2,1H3,(H,27,29)(H,28,30). The first-order valence-corrected chi connectivity index (χ1v) is 10.8. The molecule has 0 aliphatic carbocycles. The monoisotopic (exact) mass is 482 g/mol. The number of nitrogens with one attached hydrogen (secondary N) is 2. The van der Waals surface area contributed by atoms with Gasteiger partial charge in [0.05, 0.1) is 6.61 Å². The van der Waals surface area contributed by atoms with E-state index < -0.39 is 6.16 Å². The summed E-state index contributed by atoms with van der Waals surface area (Å²) in [5.41, 5.74) is 1.85. The molecule has 0 fully saturated rings. The molecule has 0 radical (unpaired) electrons. The van der Waals surface area contributed by atoms with E-state index in [4.69, 9.17) is 25.8 Å². The molecule has 0 unspecified atom stereocenters. The number of anilines is 1. The molecule has 2 N–H and O–H groups in total. The Labute approximate surface area is 201 Å². The van der Waals surface area contributed by atoms with Crippen molar-refractivity contribution in [3.63, 3.8) is 0 Å². The maximum atomic E-state index is 12.4. The average molecular weight is 483 g/mol. The summed E-state index contributed by atoms with van der Waals surface area (Å²) in [7, 11) is 0. The van der Waals surface area contributed by atoms with Gasteiger partial charge in [-0.25, -0.2) is 4.79 Å². The van der Waals surface area contributed by atoms with E-state index in [0.29, 0.717) is 28.6 Å². The normalized spacial score (nSPS) is 10.2. The lowest BCUT2D eigenvalue weighted by molar-refractivity contribution is -0.123. The Morgan fingerprint density at radius 2 is 1.50 bits per heavy atom. The Kier molecular flexibility index (Phi) is 8.88. The van der Waals surface area contributed by atoms with Crippen molar-refractivity contribution in [2.75, 3.05) is 18.5 Å². The van der Waals surface area contributed by atoms with E-state index in [1.165, 1.54) is 12.1 Å². The Hall–Kier alpha value is -4.04. The van der Waals surface area contributed by atoms with Crippen LogP contribution in [0.25, 0.3) is 0 Å². The van der Waals surface area contributed by atoms with Crippen LogP contribution < -0.4 is 20.1 Å². The Bertz CT molecular complexity index is 1120. The average Bonchev–Trinajstić information content (AvgIpc) is 2.84. The molecule has 8 nitrogen and oxygen atoms in total. The molecule has 3 aromatic carbocycles. The van der Waals surface area contributed by atoms with Gasteiger partial charge in [-0.3, -0.25) is 9.59 Å². The number of amides is 2. The van der Waals surface area contributed by atoms with E-state index in [-0.39, 0.29) is 30.8 Å². The third-order valence-electron chi connectivity index (χ3n) is 4.46. The van der Waals surface area contributed by atoms with Crippen LogP contribution in [-0.4, -0.2) is 31.2 Å². The van der Waals surface area contributed by atoms with Crippen LogP contribution in [-0.2, 0) is 16.1 Å². The summed E-state index contributed by atoms with van der Waals surface area (Å²) < 4.78 is 15.1. The van der Waals surface area contributed by atoms with Crippen LogP contribution in [0.2, 0.25) is 5.02 Å². The quantitative estimate of drug-likeness (QED) is 0.335. The zero-order chi connectivity index (χ0) is 24.3. The molecule has 2 amide bonds. The number of halogens is 1. The fourth-order valence-electron chi connectivity index (χ4n) is 2.76. The lowest BCUT2D eigenvalue weighted by atomic mass is 10.1. The van der Waals surface area contributed by atoms with Gasteiger partial charge in [0, 0.05) is 22.8 Å². The van der Waals surface area contributed by atoms with Crippen LogP contribution in [0.3, 0.4) is 0 Å². The van der Waals surface area contributed by atoms with Gasteiger partial charge in [-0.2, -0.15) is 0 Å². The SMILES string of the molecule is CCOC(=O)Oc1ccc(C(=O)Nc2ccc(CNC(=O)COc3ccc(Cl)cc3)cc2)cc1. The third-order valence-corrected chi connectivity index (χ3v) is 4.72. The van der Waals surface area contributed by atoms with Crippen molar-refractivity contribution < 1.29 is 28.6 Å². The fraction of sp³-hybridized carbons (Fsp3) is 0.160. The van der Waals surface area contributed by atoms with Crippen molar-refractivity contribution in [1.29, 1.82) is 0 Å². The molecular formula is C25H23ClN2O6. The highest BCUT2D eigenvalue weighted by Crippen LogP contribution is 2.17. The number of rotatable bonds is 9. The molecule has 0 aliphatic heterocycles. The van der Waals surface area contributed by atoms with Gasteiger partial charge < -0.3 is 24.8 Å². The molecule has 3 rings (SSSR count). The van der Waals surface area contributed by atoms with Crippen molar-refractivity contribution in [3.8, 4) is 11.5 Å². The van der Waals surface area contributed by atoms with Crippen molar-refractivity contribution in [1.82, 2.24) is 5.32 Å². The van der Waals surface area contributed by atoms with Gasteiger partial charge in [-0.05, 0) is 73.2 Å². The van der Waals surface area contributed by atoms with E-state index in [1.54, 1.807) is 67.6 Å². The van der Waals surface area contributed by atoms with Crippen LogP contribution in [0.1, 0.15) is 22.8 Å². The lowest BCUT2D eigenvalue weighted by Gasteiger charge is -2.09. The molecule has 0 spiro atoms. The Morgan fingerprint density at radius 3 is 2.15 bits per heavy atom.